The number of nitrogens with one attached hydrogen (secondary N) is 3. The summed E-state index contributed by atoms with van der Waals surface area (Å²) in [6.45, 7) is 3.87. The van der Waals surface area contributed by atoms with Gasteiger partial charge in [0.2, 0.25) is 11.8 Å². The van der Waals surface area contributed by atoms with Crippen molar-refractivity contribution in [2.45, 2.75) is 31.2 Å². The van der Waals surface area contributed by atoms with Crippen LogP contribution in [0.1, 0.15) is 20.3 Å². The molecule has 2 aromatic carbocycles. The molecule has 0 radical (unpaired) electrons. The van der Waals surface area contributed by atoms with Gasteiger partial charge in [-0.2, -0.15) is 0 Å². The van der Waals surface area contributed by atoms with Crippen LogP contribution in [0.2, 0.25) is 0 Å². The van der Waals surface area contributed by atoms with Crippen molar-refractivity contribution in [1.82, 2.24) is 10.0 Å². The van der Waals surface area contributed by atoms with E-state index < -0.39 is 22.0 Å². The van der Waals surface area contributed by atoms with E-state index in [-0.39, 0.29) is 23.3 Å². The number of hydrogen-bond donors (Lipinski definition) is 3. The van der Waals surface area contributed by atoms with E-state index >= 15 is 0 Å². The lowest BCUT2D eigenvalue weighted by Gasteiger charge is -2.18. The Hall–Kier alpha value is -3.60. The second-order valence-corrected chi connectivity index (χ2v) is 8.80. The fraction of sp³-hybridized carbons (Fsp3) is 0.286. The molecule has 3 N–H and O–H groups in total. The standard InChI is InChI=1S/C21H24N4O6S/c1-3-31-18-8-6-17(7-9-18)25-13-16(12-20(25)27)23-21(28)22-15-4-10-19(11-5-15)32(29,30)24-14(2)26/h4-11,16H,3,12-13H2,1-2H3,(H,24,26)(H2,22,23,28). The second kappa shape index (κ2) is 9.69. The van der Waals surface area contributed by atoms with E-state index in [1.54, 1.807) is 29.2 Å². The van der Waals surface area contributed by atoms with Gasteiger partial charge >= 0.3 is 6.03 Å². The SMILES string of the molecule is CCOc1ccc(N2CC(NC(=O)Nc3ccc(S(=O)(=O)NC(C)=O)cc3)CC2=O)cc1. The molecule has 0 aliphatic carbocycles. The topological polar surface area (TPSA) is 134 Å². The summed E-state index contributed by atoms with van der Waals surface area (Å²) in [4.78, 5) is 37.2. The lowest BCUT2D eigenvalue weighted by atomic mass is 10.2. The Bertz CT molecular complexity index is 1100. The molecular weight excluding hydrogens is 436 g/mol. The minimum Gasteiger partial charge on any atom is -0.494 e. The molecule has 0 aromatic heterocycles. The van der Waals surface area contributed by atoms with Gasteiger partial charge in [-0.1, -0.05) is 0 Å². The summed E-state index contributed by atoms with van der Waals surface area (Å²) in [5.74, 6) is -0.0863. The number of ether oxygens (including phenoxy) is 1. The zero-order valence-corrected chi connectivity index (χ0v) is 18.4. The molecule has 1 aliphatic rings. The van der Waals surface area contributed by atoms with E-state index in [1.807, 2.05) is 11.6 Å². The first kappa shape index (κ1) is 23.1. The third kappa shape index (κ3) is 5.76. The predicted octanol–water partition coefficient (Wildman–Crippen LogP) is 1.84. The Morgan fingerprint density at radius 1 is 1.09 bits per heavy atom. The van der Waals surface area contributed by atoms with Crippen molar-refractivity contribution < 1.29 is 27.5 Å². The van der Waals surface area contributed by atoms with Gasteiger partial charge < -0.3 is 20.3 Å². The minimum atomic E-state index is -3.95. The smallest absolute Gasteiger partial charge is 0.319 e. The van der Waals surface area contributed by atoms with Crippen LogP contribution in [0.5, 0.6) is 5.75 Å². The number of urea groups is 1. The van der Waals surface area contributed by atoms with Crippen LogP contribution in [0.25, 0.3) is 0 Å². The van der Waals surface area contributed by atoms with Crippen molar-refractivity contribution in [3.8, 4) is 5.75 Å². The van der Waals surface area contributed by atoms with Gasteiger partial charge in [0.05, 0.1) is 17.5 Å². The predicted molar refractivity (Wildman–Crippen MR) is 118 cm³/mol. The molecule has 32 heavy (non-hydrogen) atoms. The van der Waals surface area contributed by atoms with Crippen LogP contribution in [0, 0.1) is 0 Å². The fourth-order valence-electron chi connectivity index (χ4n) is 3.26. The highest BCUT2D eigenvalue weighted by Gasteiger charge is 2.31. The lowest BCUT2D eigenvalue weighted by Crippen LogP contribution is -2.39. The quantitative estimate of drug-likeness (QED) is 0.577. The van der Waals surface area contributed by atoms with Crippen LogP contribution in [-0.2, 0) is 19.6 Å². The molecule has 1 heterocycles. The third-order valence-electron chi connectivity index (χ3n) is 4.62. The van der Waals surface area contributed by atoms with Crippen molar-refractivity contribution in [3.63, 3.8) is 0 Å². The molecule has 0 spiro atoms. The summed E-state index contributed by atoms with van der Waals surface area (Å²) in [6, 6.07) is 11.6. The first-order valence-electron chi connectivity index (χ1n) is 9.92. The molecule has 1 atom stereocenters. The van der Waals surface area contributed by atoms with E-state index in [0.717, 1.165) is 12.6 Å². The van der Waals surface area contributed by atoms with Crippen LogP contribution >= 0.6 is 0 Å². The van der Waals surface area contributed by atoms with Crippen LogP contribution in [0.3, 0.4) is 0 Å². The van der Waals surface area contributed by atoms with Crippen molar-refractivity contribution in [3.05, 3.63) is 48.5 Å². The monoisotopic (exact) mass is 460 g/mol. The Balaban J connectivity index is 1.56. The minimum absolute atomic E-state index is 0.105. The Morgan fingerprint density at radius 3 is 2.34 bits per heavy atom. The summed E-state index contributed by atoms with van der Waals surface area (Å²) in [5.41, 5.74) is 1.08. The first-order valence-corrected chi connectivity index (χ1v) is 11.4. The maximum atomic E-state index is 12.4. The van der Waals surface area contributed by atoms with E-state index in [1.165, 1.54) is 24.3 Å². The average Bonchev–Trinajstić information content (AvgIpc) is 3.08. The number of sulfonamides is 1. The maximum Gasteiger partial charge on any atom is 0.319 e. The molecule has 0 saturated carbocycles. The Kier molecular flexibility index (Phi) is 6.98. The second-order valence-electron chi connectivity index (χ2n) is 7.12. The molecule has 2 aromatic rings. The molecule has 0 bridgehead atoms. The van der Waals surface area contributed by atoms with Gasteiger partial charge in [0, 0.05) is 31.3 Å². The number of rotatable bonds is 7. The number of anilines is 2. The van der Waals surface area contributed by atoms with E-state index in [4.69, 9.17) is 4.74 Å². The summed E-state index contributed by atoms with van der Waals surface area (Å²) in [7, 11) is -3.95. The van der Waals surface area contributed by atoms with Crippen molar-refractivity contribution in [2.75, 3.05) is 23.4 Å². The molecular formula is C21H24N4O6S. The highest BCUT2D eigenvalue weighted by molar-refractivity contribution is 7.90. The van der Waals surface area contributed by atoms with Gasteiger partial charge in [-0.25, -0.2) is 17.9 Å². The zero-order chi connectivity index (χ0) is 23.3. The molecule has 11 heteroatoms. The van der Waals surface area contributed by atoms with Crippen LogP contribution < -0.4 is 25.0 Å². The Labute approximate surface area is 186 Å². The van der Waals surface area contributed by atoms with Gasteiger partial charge in [-0.05, 0) is 55.5 Å². The van der Waals surface area contributed by atoms with E-state index in [9.17, 15) is 22.8 Å². The van der Waals surface area contributed by atoms with Crippen LogP contribution in [0.4, 0.5) is 16.2 Å². The molecule has 4 amide bonds. The molecule has 1 fully saturated rings. The largest absolute Gasteiger partial charge is 0.494 e. The fourth-order valence-corrected chi connectivity index (χ4v) is 4.25. The number of carbonyl (C=O) groups is 3. The van der Waals surface area contributed by atoms with E-state index in [2.05, 4.69) is 10.6 Å². The third-order valence-corrected chi connectivity index (χ3v) is 6.07. The summed E-state index contributed by atoms with van der Waals surface area (Å²) in [6.07, 6.45) is 0.161. The van der Waals surface area contributed by atoms with Crippen molar-refractivity contribution in [2.24, 2.45) is 0 Å². The summed E-state index contributed by atoms with van der Waals surface area (Å²) in [5, 5.41) is 5.35. The van der Waals surface area contributed by atoms with Crippen LogP contribution in [-0.4, -0.2) is 45.5 Å². The van der Waals surface area contributed by atoms with Crippen molar-refractivity contribution in [1.29, 1.82) is 0 Å². The molecule has 1 aliphatic heterocycles. The zero-order valence-electron chi connectivity index (χ0n) is 17.6. The van der Waals surface area contributed by atoms with Gasteiger partial charge in [0.1, 0.15) is 5.75 Å². The molecule has 1 saturated heterocycles. The highest BCUT2D eigenvalue weighted by atomic mass is 32.2. The number of hydrogen-bond acceptors (Lipinski definition) is 6. The number of carbonyl (C=O) groups excluding carboxylic acids is 3. The normalized spacial score (nSPS) is 15.9. The summed E-state index contributed by atoms with van der Waals surface area (Å²) >= 11 is 0. The Morgan fingerprint density at radius 2 is 1.75 bits per heavy atom. The molecule has 10 nitrogen and oxygen atoms in total. The molecule has 3 rings (SSSR count). The van der Waals surface area contributed by atoms with Gasteiger partial charge in [-0.3, -0.25) is 9.59 Å². The summed E-state index contributed by atoms with van der Waals surface area (Å²) < 4.78 is 31.2. The first-order chi connectivity index (χ1) is 15.2. The average molecular weight is 461 g/mol. The lowest BCUT2D eigenvalue weighted by molar-refractivity contribution is -0.118. The van der Waals surface area contributed by atoms with Gasteiger partial charge in [0.15, 0.2) is 0 Å². The maximum absolute atomic E-state index is 12.4. The number of benzene rings is 2. The van der Waals surface area contributed by atoms with Crippen molar-refractivity contribution >= 4 is 39.2 Å². The van der Waals surface area contributed by atoms with Gasteiger partial charge in [-0.15, -0.1) is 0 Å². The molecule has 170 valence electrons. The van der Waals surface area contributed by atoms with E-state index in [0.29, 0.717) is 24.6 Å². The van der Waals surface area contributed by atoms with Crippen LogP contribution in [0.15, 0.2) is 53.4 Å². The molecule has 1 unspecified atom stereocenters. The number of amides is 4. The number of nitrogens with zero attached hydrogens (tertiary/aromatic N) is 1. The highest BCUT2D eigenvalue weighted by Crippen LogP contribution is 2.24. The van der Waals surface area contributed by atoms with Gasteiger partial charge in [0.25, 0.3) is 10.0 Å².